The first-order valence-electron chi connectivity index (χ1n) is 6.21. The maximum Gasteiger partial charge on any atom is 0.0366 e. The van der Waals surface area contributed by atoms with Crippen molar-refractivity contribution in [1.29, 1.82) is 0 Å². The van der Waals surface area contributed by atoms with Crippen LogP contribution >= 0.6 is 0 Å². The van der Waals surface area contributed by atoms with Crippen molar-refractivity contribution in [2.45, 2.75) is 32.9 Å². The third-order valence-electron chi connectivity index (χ3n) is 3.26. The van der Waals surface area contributed by atoms with Gasteiger partial charge in [-0.2, -0.15) is 0 Å². The first-order valence-corrected chi connectivity index (χ1v) is 6.21. The summed E-state index contributed by atoms with van der Waals surface area (Å²) in [5.41, 5.74) is 8.13. The number of nitrogens with one attached hydrogen (secondary N) is 1. The molecule has 3 N–H and O–H groups in total. The van der Waals surface area contributed by atoms with Gasteiger partial charge in [0.25, 0.3) is 0 Å². The number of nitrogens with two attached hydrogens (primary N) is 1. The van der Waals surface area contributed by atoms with Gasteiger partial charge < -0.3 is 11.1 Å². The molecule has 90 valence electrons. The zero-order chi connectivity index (χ0) is 12.3. The van der Waals surface area contributed by atoms with Crippen molar-refractivity contribution in [1.82, 2.24) is 5.32 Å². The van der Waals surface area contributed by atoms with Gasteiger partial charge in [0.15, 0.2) is 0 Å². The Labute approximate surface area is 103 Å². The van der Waals surface area contributed by atoms with E-state index in [1.807, 2.05) is 6.07 Å². The van der Waals surface area contributed by atoms with Gasteiger partial charge in [0.05, 0.1) is 0 Å². The van der Waals surface area contributed by atoms with Crippen LogP contribution in [0.1, 0.15) is 25.8 Å². The largest absolute Gasteiger partial charge is 0.398 e. The summed E-state index contributed by atoms with van der Waals surface area (Å²) in [6.07, 6.45) is 1.13. The molecule has 0 saturated heterocycles. The molecule has 0 aliphatic carbocycles. The zero-order valence-electron chi connectivity index (χ0n) is 10.5. The van der Waals surface area contributed by atoms with Gasteiger partial charge in [-0.15, -0.1) is 0 Å². The second-order valence-electron chi connectivity index (χ2n) is 4.59. The highest BCUT2D eigenvalue weighted by Gasteiger charge is 2.03. The van der Waals surface area contributed by atoms with Crippen molar-refractivity contribution in [3.05, 3.63) is 42.0 Å². The predicted molar refractivity (Wildman–Crippen MR) is 75.0 cm³/mol. The van der Waals surface area contributed by atoms with Crippen LogP contribution in [0.15, 0.2) is 36.4 Å². The highest BCUT2D eigenvalue weighted by molar-refractivity contribution is 5.86. The summed E-state index contributed by atoms with van der Waals surface area (Å²) in [7, 11) is 0. The van der Waals surface area contributed by atoms with Gasteiger partial charge in [0.2, 0.25) is 0 Å². The minimum absolute atomic E-state index is 0.529. The molecular weight excluding hydrogens is 208 g/mol. The molecule has 1 atom stereocenters. The first kappa shape index (κ1) is 11.9. The standard InChI is InChI=1S/C15H20N2/c1-3-11(2)17-10-14-8-12-6-4-5-7-13(12)9-15(14)16/h4-9,11,17H,3,10,16H2,1-2H3. The van der Waals surface area contributed by atoms with E-state index >= 15 is 0 Å². The van der Waals surface area contributed by atoms with E-state index in [1.54, 1.807) is 0 Å². The molecule has 1 unspecified atom stereocenters. The van der Waals surface area contributed by atoms with Crippen molar-refractivity contribution in [3.8, 4) is 0 Å². The number of rotatable bonds is 4. The minimum atomic E-state index is 0.529. The Morgan fingerprint density at radius 3 is 2.47 bits per heavy atom. The Morgan fingerprint density at radius 2 is 1.82 bits per heavy atom. The lowest BCUT2D eigenvalue weighted by Crippen LogP contribution is -2.24. The van der Waals surface area contributed by atoms with Crippen molar-refractivity contribution in [2.75, 3.05) is 5.73 Å². The van der Waals surface area contributed by atoms with E-state index in [0.717, 1.165) is 18.7 Å². The van der Waals surface area contributed by atoms with E-state index in [2.05, 4.69) is 49.5 Å². The fourth-order valence-corrected chi connectivity index (χ4v) is 1.89. The molecule has 0 aromatic heterocycles. The molecule has 0 bridgehead atoms. The highest BCUT2D eigenvalue weighted by Crippen LogP contribution is 2.21. The number of hydrogen-bond acceptors (Lipinski definition) is 2. The van der Waals surface area contributed by atoms with Gasteiger partial charge in [-0.05, 0) is 41.8 Å². The zero-order valence-corrected chi connectivity index (χ0v) is 10.5. The molecule has 0 heterocycles. The van der Waals surface area contributed by atoms with Crippen molar-refractivity contribution < 1.29 is 0 Å². The average molecular weight is 228 g/mol. The van der Waals surface area contributed by atoms with Gasteiger partial charge in [-0.1, -0.05) is 31.2 Å². The van der Waals surface area contributed by atoms with Gasteiger partial charge in [0, 0.05) is 18.3 Å². The van der Waals surface area contributed by atoms with Crippen LogP contribution < -0.4 is 11.1 Å². The summed E-state index contributed by atoms with van der Waals surface area (Å²) in [5, 5.41) is 5.93. The third-order valence-corrected chi connectivity index (χ3v) is 3.26. The van der Waals surface area contributed by atoms with Gasteiger partial charge in [0.1, 0.15) is 0 Å². The summed E-state index contributed by atoms with van der Waals surface area (Å²) < 4.78 is 0. The SMILES string of the molecule is CCC(C)NCc1cc2ccccc2cc1N. The predicted octanol–water partition coefficient (Wildman–Crippen LogP) is 3.31. The number of benzene rings is 2. The highest BCUT2D eigenvalue weighted by atomic mass is 14.9. The third kappa shape index (κ3) is 2.77. The molecule has 2 heteroatoms. The molecule has 2 aromatic carbocycles. The van der Waals surface area contributed by atoms with E-state index in [0.29, 0.717) is 6.04 Å². The maximum absolute atomic E-state index is 6.07. The van der Waals surface area contributed by atoms with Crippen molar-refractivity contribution >= 4 is 16.5 Å². The topological polar surface area (TPSA) is 38.0 Å². The molecule has 0 aliphatic heterocycles. The second-order valence-corrected chi connectivity index (χ2v) is 4.59. The van der Waals surface area contributed by atoms with Crippen LogP contribution in [0.3, 0.4) is 0 Å². The van der Waals surface area contributed by atoms with E-state index in [4.69, 9.17) is 5.73 Å². The fraction of sp³-hybridized carbons (Fsp3) is 0.333. The van der Waals surface area contributed by atoms with Gasteiger partial charge >= 0.3 is 0 Å². The molecular formula is C15H20N2. The molecule has 0 fully saturated rings. The van der Waals surface area contributed by atoms with Crippen molar-refractivity contribution in [3.63, 3.8) is 0 Å². The molecule has 2 nitrogen and oxygen atoms in total. The number of anilines is 1. The smallest absolute Gasteiger partial charge is 0.0366 e. The molecule has 0 radical (unpaired) electrons. The van der Waals surface area contributed by atoms with E-state index in [-0.39, 0.29) is 0 Å². The monoisotopic (exact) mass is 228 g/mol. The maximum atomic E-state index is 6.07. The van der Waals surface area contributed by atoms with Crippen molar-refractivity contribution in [2.24, 2.45) is 0 Å². The molecule has 0 spiro atoms. The van der Waals surface area contributed by atoms with E-state index in [1.165, 1.54) is 16.3 Å². The van der Waals surface area contributed by atoms with E-state index < -0.39 is 0 Å². The molecule has 2 rings (SSSR count). The van der Waals surface area contributed by atoms with Crippen LogP contribution in [0.2, 0.25) is 0 Å². The molecule has 0 amide bonds. The Hall–Kier alpha value is -1.54. The Balaban J connectivity index is 2.25. The number of hydrogen-bond donors (Lipinski definition) is 2. The summed E-state index contributed by atoms with van der Waals surface area (Å²) in [6, 6.07) is 13.1. The van der Waals surface area contributed by atoms with Crippen LogP contribution in [0, 0.1) is 0 Å². The Bertz CT molecular complexity index is 505. The fourth-order valence-electron chi connectivity index (χ4n) is 1.89. The summed E-state index contributed by atoms with van der Waals surface area (Å²) >= 11 is 0. The quantitative estimate of drug-likeness (QED) is 0.788. The Morgan fingerprint density at radius 1 is 1.18 bits per heavy atom. The second kappa shape index (κ2) is 5.19. The van der Waals surface area contributed by atoms with Gasteiger partial charge in [-0.25, -0.2) is 0 Å². The minimum Gasteiger partial charge on any atom is -0.398 e. The number of nitrogen functional groups attached to an aromatic ring is 1. The number of fused-ring (bicyclic) bond motifs is 1. The first-order chi connectivity index (χ1) is 8.20. The molecule has 0 saturated carbocycles. The van der Waals surface area contributed by atoms with Gasteiger partial charge in [-0.3, -0.25) is 0 Å². The van der Waals surface area contributed by atoms with Crippen LogP contribution in [0.4, 0.5) is 5.69 Å². The van der Waals surface area contributed by atoms with Crippen LogP contribution in [0.5, 0.6) is 0 Å². The van der Waals surface area contributed by atoms with Crippen LogP contribution in [0.25, 0.3) is 10.8 Å². The summed E-state index contributed by atoms with van der Waals surface area (Å²) in [6.45, 7) is 5.21. The lowest BCUT2D eigenvalue weighted by Gasteiger charge is -2.13. The van der Waals surface area contributed by atoms with Crippen LogP contribution in [-0.2, 0) is 6.54 Å². The molecule has 0 aliphatic rings. The molecule has 2 aromatic rings. The van der Waals surface area contributed by atoms with E-state index in [9.17, 15) is 0 Å². The lowest BCUT2D eigenvalue weighted by atomic mass is 10.0. The Kier molecular flexibility index (Phi) is 3.64. The summed E-state index contributed by atoms with van der Waals surface area (Å²) in [4.78, 5) is 0. The normalized spacial score (nSPS) is 12.8. The lowest BCUT2D eigenvalue weighted by molar-refractivity contribution is 0.535. The van der Waals surface area contributed by atoms with Crippen LogP contribution in [-0.4, -0.2) is 6.04 Å². The molecule has 17 heavy (non-hydrogen) atoms. The summed E-state index contributed by atoms with van der Waals surface area (Å²) in [5.74, 6) is 0. The average Bonchev–Trinajstić information content (AvgIpc) is 2.35.